The van der Waals surface area contributed by atoms with Gasteiger partial charge in [-0.05, 0) is 168 Å². The van der Waals surface area contributed by atoms with Crippen molar-refractivity contribution in [3.05, 3.63) is 233 Å². The molecule has 0 fully saturated rings. The van der Waals surface area contributed by atoms with E-state index in [2.05, 4.69) is 248 Å². The van der Waals surface area contributed by atoms with Crippen molar-refractivity contribution in [3.63, 3.8) is 0 Å². The number of hydrogen-bond donors (Lipinski definition) is 0. The first kappa shape index (κ1) is 42.2. The van der Waals surface area contributed by atoms with Gasteiger partial charge in [0.25, 0.3) is 0 Å². The van der Waals surface area contributed by atoms with E-state index >= 15 is 0 Å². The van der Waals surface area contributed by atoms with Crippen LogP contribution in [0, 0.1) is 0 Å². The molecule has 328 valence electrons. The second-order valence-corrected chi connectivity index (χ2v) is 22.2. The molecule has 0 amide bonds. The Kier molecular flexibility index (Phi) is 9.79. The quantitative estimate of drug-likeness (QED) is 0.154. The summed E-state index contributed by atoms with van der Waals surface area (Å²) < 4.78 is 0. The van der Waals surface area contributed by atoms with E-state index < -0.39 is 5.41 Å². The molecule has 3 aliphatic rings. The Balaban J connectivity index is 1.32. The van der Waals surface area contributed by atoms with Crippen LogP contribution < -0.4 is 4.90 Å². The van der Waals surface area contributed by atoms with Crippen molar-refractivity contribution in [1.29, 1.82) is 0 Å². The highest BCUT2D eigenvalue weighted by Crippen LogP contribution is 2.60. The average molecular weight is 858 g/mol. The summed E-state index contributed by atoms with van der Waals surface area (Å²) in [6.45, 7) is 19.6. The van der Waals surface area contributed by atoms with Gasteiger partial charge in [-0.15, -0.1) is 0 Å². The Bertz CT molecular complexity index is 3080. The molecule has 1 nitrogen and oxygen atoms in total. The van der Waals surface area contributed by atoms with E-state index in [1.165, 1.54) is 95.7 Å². The Hall–Kier alpha value is -6.44. The third-order valence-electron chi connectivity index (χ3n) is 16.3. The van der Waals surface area contributed by atoms with Gasteiger partial charge >= 0.3 is 0 Å². The zero-order valence-electron chi connectivity index (χ0n) is 40.2. The van der Waals surface area contributed by atoms with Gasteiger partial charge in [0.15, 0.2) is 0 Å². The van der Waals surface area contributed by atoms with E-state index in [1.807, 2.05) is 0 Å². The number of fused-ring (bicyclic) bond motifs is 5. The Morgan fingerprint density at radius 2 is 0.773 bits per heavy atom. The fourth-order valence-electron chi connectivity index (χ4n) is 12.3. The number of hydrogen-bond acceptors (Lipinski definition) is 1. The summed E-state index contributed by atoms with van der Waals surface area (Å²) in [5.74, 6) is 0. The lowest BCUT2D eigenvalue weighted by Gasteiger charge is -2.43. The van der Waals surface area contributed by atoms with Gasteiger partial charge in [-0.1, -0.05) is 195 Å². The van der Waals surface area contributed by atoms with Crippen molar-refractivity contribution in [2.45, 2.75) is 108 Å². The van der Waals surface area contributed by atoms with Gasteiger partial charge in [0.2, 0.25) is 0 Å². The molecule has 0 aromatic heterocycles. The minimum absolute atomic E-state index is 0.0179. The molecule has 0 spiro atoms. The second-order valence-electron chi connectivity index (χ2n) is 22.2. The molecule has 0 atom stereocenters. The van der Waals surface area contributed by atoms with E-state index in [1.54, 1.807) is 0 Å². The van der Waals surface area contributed by atoms with E-state index in [0.29, 0.717) is 0 Å². The molecular weight excluding hydrogens is 795 g/mol. The van der Waals surface area contributed by atoms with Crippen LogP contribution in [0.25, 0.3) is 33.4 Å². The van der Waals surface area contributed by atoms with Gasteiger partial charge in [0.1, 0.15) is 0 Å². The van der Waals surface area contributed by atoms with Crippen LogP contribution in [0.4, 0.5) is 17.1 Å². The summed E-state index contributed by atoms with van der Waals surface area (Å²) in [6.07, 6.45) is 4.65. The smallest absolute Gasteiger partial charge is 0.0714 e. The number of benzene rings is 8. The van der Waals surface area contributed by atoms with Crippen molar-refractivity contribution < 1.29 is 0 Å². The molecule has 66 heavy (non-hydrogen) atoms. The lowest BCUT2D eigenvalue weighted by Crippen LogP contribution is -2.34. The van der Waals surface area contributed by atoms with Crippen molar-refractivity contribution in [1.82, 2.24) is 0 Å². The summed E-state index contributed by atoms with van der Waals surface area (Å²) in [6, 6.07) is 71.9. The van der Waals surface area contributed by atoms with Gasteiger partial charge in [-0.3, -0.25) is 0 Å². The number of para-hydroxylation sites is 1. The highest BCUT2D eigenvalue weighted by Gasteiger charge is 2.47. The summed E-state index contributed by atoms with van der Waals surface area (Å²) in [5.41, 5.74) is 21.8. The first-order valence-corrected chi connectivity index (χ1v) is 24.4. The number of rotatable bonds is 7. The molecule has 0 radical (unpaired) electrons. The van der Waals surface area contributed by atoms with Crippen LogP contribution in [-0.2, 0) is 27.1 Å². The molecule has 0 saturated carbocycles. The molecule has 0 N–H and O–H groups in total. The summed E-state index contributed by atoms with van der Waals surface area (Å²) in [5, 5.41) is 0. The third-order valence-corrected chi connectivity index (χ3v) is 16.3. The van der Waals surface area contributed by atoms with Gasteiger partial charge in [-0.25, -0.2) is 0 Å². The Labute approximate surface area is 394 Å². The second kappa shape index (κ2) is 15.3. The SMILES string of the molecule is CC1(C)CCC(C)(C)c2cc(N(c3ccccc3)c3cc4c(cc3-c3cc5c(cc3-c3ccccc3)C(C)(C)CCC5(C)C)-c3ccccc3C4(c3ccccc3)c3ccccc3)ccc21. The lowest BCUT2D eigenvalue weighted by atomic mass is 9.62. The van der Waals surface area contributed by atoms with Crippen LogP contribution in [0.15, 0.2) is 188 Å². The molecular formula is C65H63N. The first-order valence-electron chi connectivity index (χ1n) is 24.4. The zero-order valence-corrected chi connectivity index (χ0v) is 40.2. The van der Waals surface area contributed by atoms with E-state index in [-0.39, 0.29) is 21.7 Å². The predicted octanol–water partition coefficient (Wildman–Crippen LogP) is 17.6. The van der Waals surface area contributed by atoms with Crippen LogP contribution in [0.1, 0.15) is 126 Å². The molecule has 1 heteroatoms. The summed E-state index contributed by atoms with van der Waals surface area (Å²) >= 11 is 0. The normalized spacial score (nSPS) is 17.8. The standard InChI is InChI=1S/C65H63N/c1-61(2)35-36-62(3,4)57-39-48(33-34-55(57)61)66(47-29-19-12-20-30-47)60-43-56-52(49-31-21-22-32-54(49)65(56,45-25-15-10-16-26-45)46-27-17-11-18-28-46)40-53(60)51-42-59-58(63(5,6)37-38-64(59,7)8)41-50(51)44-23-13-9-14-24-44/h9-34,39-43H,35-38H2,1-8H3. The third kappa shape index (κ3) is 6.56. The van der Waals surface area contributed by atoms with E-state index in [4.69, 9.17) is 0 Å². The minimum atomic E-state index is -0.559. The molecule has 0 aliphatic heterocycles. The molecule has 0 bridgehead atoms. The van der Waals surface area contributed by atoms with Crippen LogP contribution in [0.3, 0.4) is 0 Å². The topological polar surface area (TPSA) is 3.24 Å². The fraction of sp³-hybridized carbons (Fsp3) is 0.262. The average Bonchev–Trinajstić information content (AvgIpc) is 3.62. The zero-order chi connectivity index (χ0) is 45.6. The fourth-order valence-corrected chi connectivity index (χ4v) is 12.3. The van der Waals surface area contributed by atoms with Crippen LogP contribution >= 0.6 is 0 Å². The van der Waals surface area contributed by atoms with Gasteiger partial charge in [-0.2, -0.15) is 0 Å². The molecule has 0 saturated heterocycles. The maximum atomic E-state index is 2.62. The van der Waals surface area contributed by atoms with Gasteiger partial charge in [0, 0.05) is 16.9 Å². The predicted molar refractivity (Wildman–Crippen MR) is 280 cm³/mol. The van der Waals surface area contributed by atoms with E-state index in [9.17, 15) is 0 Å². The Morgan fingerprint density at radius 1 is 0.303 bits per heavy atom. The maximum Gasteiger partial charge on any atom is 0.0714 e. The van der Waals surface area contributed by atoms with Crippen LogP contribution in [0.2, 0.25) is 0 Å². The van der Waals surface area contributed by atoms with Crippen molar-refractivity contribution in [2.24, 2.45) is 0 Å². The van der Waals surface area contributed by atoms with Crippen LogP contribution in [0.5, 0.6) is 0 Å². The highest BCUT2D eigenvalue weighted by molar-refractivity contribution is 6.00. The largest absolute Gasteiger partial charge is 0.310 e. The lowest BCUT2D eigenvalue weighted by molar-refractivity contribution is 0.332. The number of nitrogens with zero attached hydrogens (tertiary/aromatic N) is 1. The van der Waals surface area contributed by atoms with Crippen molar-refractivity contribution >= 4 is 17.1 Å². The highest BCUT2D eigenvalue weighted by atomic mass is 15.1. The molecule has 8 aromatic rings. The molecule has 3 aliphatic carbocycles. The first-order chi connectivity index (χ1) is 31.7. The minimum Gasteiger partial charge on any atom is -0.310 e. The van der Waals surface area contributed by atoms with E-state index in [0.717, 1.165) is 24.9 Å². The molecule has 11 rings (SSSR count). The summed E-state index contributed by atoms with van der Waals surface area (Å²) in [4.78, 5) is 2.60. The maximum absolute atomic E-state index is 2.62. The molecule has 0 heterocycles. The van der Waals surface area contributed by atoms with Crippen molar-refractivity contribution in [2.75, 3.05) is 4.90 Å². The molecule has 0 unspecified atom stereocenters. The molecule has 8 aromatic carbocycles. The van der Waals surface area contributed by atoms with Gasteiger partial charge in [0.05, 0.1) is 11.1 Å². The summed E-state index contributed by atoms with van der Waals surface area (Å²) in [7, 11) is 0. The monoisotopic (exact) mass is 857 g/mol. The van der Waals surface area contributed by atoms with Crippen molar-refractivity contribution in [3.8, 4) is 33.4 Å². The van der Waals surface area contributed by atoms with Crippen LogP contribution in [-0.4, -0.2) is 0 Å². The Morgan fingerprint density at radius 3 is 1.35 bits per heavy atom. The number of anilines is 3. The van der Waals surface area contributed by atoms with Gasteiger partial charge < -0.3 is 4.90 Å².